The summed E-state index contributed by atoms with van der Waals surface area (Å²) in [7, 11) is 0. The average Bonchev–Trinajstić information content (AvgIpc) is 3.05. The Morgan fingerprint density at radius 2 is 1.62 bits per heavy atom. The zero-order valence-corrected chi connectivity index (χ0v) is 12.7. The molecule has 24 heavy (non-hydrogen) atoms. The van der Waals surface area contributed by atoms with Crippen LogP contribution in [0.1, 0.15) is 15.9 Å². The quantitative estimate of drug-likeness (QED) is 0.525. The van der Waals surface area contributed by atoms with Crippen molar-refractivity contribution >= 4 is 16.7 Å². The van der Waals surface area contributed by atoms with Gasteiger partial charge in [0.25, 0.3) is 0 Å². The Morgan fingerprint density at radius 1 is 0.875 bits per heavy atom. The number of carbonyl (C=O) groups excluding carboxylic acids is 1. The highest BCUT2D eigenvalue weighted by Crippen LogP contribution is 2.21. The van der Waals surface area contributed by atoms with E-state index in [4.69, 9.17) is 0 Å². The molecule has 0 saturated carbocycles. The first-order chi connectivity index (χ1) is 11.7. The molecule has 0 saturated heterocycles. The van der Waals surface area contributed by atoms with Crippen molar-refractivity contribution in [2.75, 3.05) is 0 Å². The summed E-state index contributed by atoms with van der Waals surface area (Å²) < 4.78 is 14.8. The van der Waals surface area contributed by atoms with Crippen LogP contribution >= 0.6 is 0 Å². The molecule has 4 heteroatoms. The second-order valence-corrected chi connectivity index (χ2v) is 5.50. The van der Waals surface area contributed by atoms with Crippen LogP contribution in [0.5, 0.6) is 0 Å². The van der Waals surface area contributed by atoms with Crippen molar-refractivity contribution in [1.29, 1.82) is 0 Å². The Morgan fingerprint density at radius 3 is 2.38 bits per heavy atom. The first-order valence-corrected chi connectivity index (χ1v) is 7.56. The number of hydrogen-bond acceptors (Lipinski definition) is 2. The van der Waals surface area contributed by atoms with Gasteiger partial charge in [-0.25, -0.2) is 9.07 Å². The number of halogens is 1. The first kappa shape index (κ1) is 14.3. The molecule has 3 nitrogen and oxygen atoms in total. The molecule has 0 radical (unpaired) electrons. The van der Waals surface area contributed by atoms with E-state index in [0.717, 1.165) is 16.6 Å². The fraction of sp³-hybridized carbons (Fsp3) is 0. The molecule has 0 spiro atoms. The molecule has 0 fully saturated rings. The molecule has 0 N–H and O–H groups in total. The lowest BCUT2D eigenvalue weighted by atomic mass is 10.0. The van der Waals surface area contributed by atoms with E-state index in [9.17, 15) is 9.18 Å². The lowest BCUT2D eigenvalue weighted by Crippen LogP contribution is -2.01. The highest BCUT2D eigenvalue weighted by molar-refractivity contribution is 6.10. The van der Waals surface area contributed by atoms with Crippen molar-refractivity contribution in [1.82, 2.24) is 9.78 Å². The zero-order valence-electron chi connectivity index (χ0n) is 12.7. The first-order valence-electron chi connectivity index (χ1n) is 7.56. The predicted molar refractivity (Wildman–Crippen MR) is 90.9 cm³/mol. The summed E-state index contributed by atoms with van der Waals surface area (Å²) in [5.41, 5.74) is 2.91. The summed E-state index contributed by atoms with van der Waals surface area (Å²) in [5.74, 6) is -0.307. The molecule has 4 aromatic rings. The molecule has 1 heterocycles. The van der Waals surface area contributed by atoms with E-state index >= 15 is 0 Å². The highest BCUT2D eigenvalue weighted by atomic mass is 19.1. The van der Waals surface area contributed by atoms with Crippen LogP contribution in [0.3, 0.4) is 0 Å². The highest BCUT2D eigenvalue weighted by Gasteiger charge is 2.11. The molecule has 0 amide bonds. The van der Waals surface area contributed by atoms with Crippen LogP contribution in [-0.4, -0.2) is 15.6 Å². The standard InChI is InChI=1S/C20H13FN2O/c21-17-7-9-18(10-8-17)23-19-11-6-15(12-16(19)13-22-23)20(24)14-4-2-1-3-5-14/h1-13H. The summed E-state index contributed by atoms with van der Waals surface area (Å²) in [4.78, 5) is 12.5. The van der Waals surface area contributed by atoms with E-state index in [1.165, 1.54) is 12.1 Å². The van der Waals surface area contributed by atoms with Gasteiger partial charge in [0, 0.05) is 16.5 Å². The van der Waals surface area contributed by atoms with Gasteiger partial charge < -0.3 is 0 Å². The monoisotopic (exact) mass is 316 g/mol. The van der Waals surface area contributed by atoms with E-state index in [1.54, 1.807) is 41.2 Å². The van der Waals surface area contributed by atoms with Crippen LogP contribution in [0.4, 0.5) is 4.39 Å². The lowest BCUT2D eigenvalue weighted by molar-refractivity contribution is 0.103. The third-order valence-corrected chi connectivity index (χ3v) is 3.94. The van der Waals surface area contributed by atoms with Gasteiger partial charge in [0.1, 0.15) is 5.82 Å². The van der Waals surface area contributed by atoms with Crippen LogP contribution in [0.2, 0.25) is 0 Å². The summed E-state index contributed by atoms with van der Waals surface area (Å²) in [6.07, 6.45) is 1.71. The maximum Gasteiger partial charge on any atom is 0.193 e. The number of fused-ring (bicyclic) bond motifs is 1. The molecule has 0 aliphatic heterocycles. The van der Waals surface area contributed by atoms with E-state index in [-0.39, 0.29) is 11.6 Å². The second kappa shape index (κ2) is 5.74. The molecule has 0 atom stereocenters. The van der Waals surface area contributed by atoms with Crippen molar-refractivity contribution in [2.24, 2.45) is 0 Å². The molecular formula is C20H13FN2O. The minimum Gasteiger partial charge on any atom is -0.289 e. The summed E-state index contributed by atoms with van der Waals surface area (Å²) in [6.45, 7) is 0. The number of aromatic nitrogens is 2. The number of carbonyl (C=O) groups is 1. The van der Waals surface area contributed by atoms with Crippen molar-refractivity contribution in [3.63, 3.8) is 0 Å². The average molecular weight is 316 g/mol. The van der Waals surface area contributed by atoms with Gasteiger partial charge >= 0.3 is 0 Å². The molecule has 0 aliphatic rings. The minimum atomic E-state index is -0.286. The molecule has 0 unspecified atom stereocenters. The largest absolute Gasteiger partial charge is 0.289 e. The maximum atomic E-state index is 13.1. The molecule has 116 valence electrons. The van der Waals surface area contributed by atoms with E-state index in [1.807, 2.05) is 30.3 Å². The number of nitrogens with zero attached hydrogens (tertiary/aromatic N) is 2. The molecule has 1 aromatic heterocycles. The van der Waals surface area contributed by atoms with Gasteiger partial charge in [0.2, 0.25) is 0 Å². The number of benzene rings is 3. The van der Waals surface area contributed by atoms with E-state index in [0.29, 0.717) is 11.1 Å². The molecular weight excluding hydrogens is 303 g/mol. The van der Waals surface area contributed by atoms with Gasteiger partial charge in [0.05, 0.1) is 17.4 Å². The molecule has 3 aromatic carbocycles. The van der Waals surface area contributed by atoms with Gasteiger partial charge in [-0.05, 0) is 42.5 Å². The van der Waals surface area contributed by atoms with Crippen LogP contribution in [0, 0.1) is 5.82 Å². The zero-order chi connectivity index (χ0) is 16.5. The predicted octanol–water partition coefficient (Wildman–Crippen LogP) is 4.40. The lowest BCUT2D eigenvalue weighted by Gasteiger charge is -2.05. The van der Waals surface area contributed by atoms with Crippen molar-refractivity contribution in [3.8, 4) is 5.69 Å². The Hall–Kier alpha value is -3.27. The molecule has 0 aliphatic carbocycles. The summed E-state index contributed by atoms with van der Waals surface area (Å²) in [5, 5.41) is 5.21. The Balaban J connectivity index is 1.75. The van der Waals surface area contributed by atoms with E-state index in [2.05, 4.69) is 5.10 Å². The van der Waals surface area contributed by atoms with Crippen molar-refractivity contribution in [2.45, 2.75) is 0 Å². The third-order valence-electron chi connectivity index (χ3n) is 3.94. The van der Waals surface area contributed by atoms with E-state index < -0.39 is 0 Å². The van der Waals surface area contributed by atoms with Gasteiger partial charge in [-0.15, -0.1) is 0 Å². The SMILES string of the molecule is O=C(c1ccccc1)c1ccc2c(cnn2-c2ccc(F)cc2)c1. The van der Waals surface area contributed by atoms with Gasteiger partial charge in [0.15, 0.2) is 5.78 Å². The van der Waals surface area contributed by atoms with Gasteiger partial charge in [-0.1, -0.05) is 30.3 Å². The fourth-order valence-corrected chi connectivity index (χ4v) is 2.72. The fourth-order valence-electron chi connectivity index (χ4n) is 2.72. The summed E-state index contributed by atoms with van der Waals surface area (Å²) in [6, 6.07) is 20.8. The molecule has 4 rings (SSSR count). The van der Waals surface area contributed by atoms with Crippen molar-refractivity contribution < 1.29 is 9.18 Å². The number of hydrogen-bond donors (Lipinski definition) is 0. The van der Waals surface area contributed by atoms with Crippen LogP contribution in [0.15, 0.2) is 79.0 Å². The number of rotatable bonds is 3. The van der Waals surface area contributed by atoms with Crippen LogP contribution in [-0.2, 0) is 0 Å². The van der Waals surface area contributed by atoms with Gasteiger partial charge in [-0.3, -0.25) is 4.79 Å². The normalized spacial score (nSPS) is 10.9. The Labute approximate surface area is 138 Å². The minimum absolute atomic E-state index is 0.0213. The van der Waals surface area contributed by atoms with Gasteiger partial charge in [-0.2, -0.15) is 5.10 Å². The summed E-state index contributed by atoms with van der Waals surface area (Å²) >= 11 is 0. The Bertz CT molecular complexity index is 1020. The van der Waals surface area contributed by atoms with Crippen LogP contribution in [0.25, 0.3) is 16.6 Å². The topological polar surface area (TPSA) is 34.9 Å². The van der Waals surface area contributed by atoms with Crippen molar-refractivity contribution in [3.05, 3.63) is 95.9 Å². The second-order valence-electron chi connectivity index (χ2n) is 5.50. The number of ketones is 1. The third kappa shape index (κ3) is 2.48. The van der Waals surface area contributed by atoms with Crippen LogP contribution < -0.4 is 0 Å². The maximum absolute atomic E-state index is 13.1. The smallest absolute Gasteiger partial charge is 0.193 e. The molecule has 0 bridgehead atoms. The Kier molecular flexibility index (Phi) is 3.43.